The fourth-order valence-corrected chi connectivity index (χ4v) is 3.17. The lowest BCUT2D eigenvalue weighted by molar-refractivity contribution is 0.352. The number of fused-ring (bicyclic) bond motifs is 3. The number of hydrogen-bond acceptors (Lipinski definition) is 4. The number of ether oxygens (including phenoxy) is 2. The van der Waals surface area contributed by atoms with Crippen LogP contribution in [-0.4, -0.2) is 14.2 Å². The summed E-state index contributed by atoms with van der Waals surface area (Å²) < 4.78 is 16.9. The molecule has 3 aromatic carbocycles. The summed E-state index contributed by atoms with van der Waals surface area (Å²) in [7, 11) is 3.30. The molecular formula is C21H19NO3. The first-order valence-corrected chi connectivity index (χ1v) is 8.16. The molecule has 0 aliphatic heterocycles. The van der Waals surface area contributed by atoms with Crippen molar-refractivity contribution in [3.63, 3.8) is 0 Å². The minimum atomic E-state index is 0.608. The van der Waals surface area contributed by atoms with Crippen molar-refractivity contribution < 1.29 is 13.9 Å². The molecule has 0 atom stereocenters. The van der Waals surface area contributed by atoms with Crippen LogP contribution in [0.4, 0.5) is 5.69 Å². The van der Waals surface area contributed by atoms with Gasteiger partial charge in [-0.15, -0.1) is 0 Å². The van der Waals surface area contributed by atoms with Crippen LogP contribution in [0.5, 0.6) is 11.5 Å². The standard InChI is InChI=1S/C21H19NO3/c1-23-19-12-5-7-14(20(19)24-2)13-22-17-10-6-9-16-15-8-3-4-11-18(15)25-21(16)17/h3-12,22H,13H2,1-2H3. The summed E-state index contributed by atoms with van der Waals surface area (Å²) in [6, 6.07) is 20.1. The number of para-hydroxylation sites is 3. The maximum atomic E-state index is 6.06. The van der Waals surface area contributed by atoms with E-state index < -0.39 is 0 Å². The summed E-state index contributed by atoms with van der Waals surface area (Å²) in [5.41, 5.74) is 3.74. The van der Waals surface area contributed by atoms with Crippen molar-refractivity contribution in [1.29, 1.82) is 0 Å². The molecule has 4 rings (SSSR count). The third kappa shape index (κ3) is 2.66. The van der Waals surface area contributed by atoms with Gasteiger partial charge in [0.1, 0.15) is 5.58 Å². The number of benzene rings is 3. The molecule has 0 spiro atoms. The Kier molecular flexibility index (Phi) is 3.94. The van der Waals surface area contributed by atoms with Gasteiger partial charge in [0, 0.05) is 22.9 Å². The molecule has 0 bridgehead atoms. The van der Waals surface area contributed by atoms with E-state index in [1.165, 1.54) is 0 Å². The second-order valence-corrected chi connectivity index (χ2v) is 5.79. The first-order chi connectivity index (χ1) is 12.3. The van der Waals surface area contributed by atoms with Crippen LogP contribution >= 0.6 is 0 Å². The molecule has 4 heteroatoms. The number of rotatable bonds is 5. The van der Waals surface area contributed by atoms with Gasteiger partial charge in [-0.25, -0.2) is 0 Å². The highest BCUT2D eigenvalue weighted by atomic mass is 16.5. The van der Waals surface area contributed by atoms with E-state index in [0.29, 0.717) is 6.54 Å². The van der Waals surface area contributed by atoms with Crippen molar-refractivity contribution in [2.24, 2.45) is 0 Å². The van der Waals surface area contributed by atoms with Gasteiger partial charge in [0.2, 0.25) is 0 Å². The Balaban J connectivity index is 1.70. The molecule has 126 valence electrons. The number of furan rings is 1. The van der Waals surface area contributed by atoms with Crippen molar-refractivity contribution in [2.45, 2.75) is 6.54 Å². The molecule has 0 saturated carbocycles. The first-order valence-electron chi connectivity index (χ1n) is 8.16. The fourth-order valence-electron chi connectivity index (χ4n) is 3.17. The van der Waals surface area contributed by atoms with Crippen molar-refractivity contribution in [2.75, 3.05) is 19.5 Å². The summed E-state index contributed by atoms with van der Waals surface area (Å²) in [5.74, 6) is 1.47. The Bertz CT molecular complexity index is 1040. The van der Waals surface area contributed by atoms with Crippen LogP contribution in [0.3, 0.4) is 0 Å². The van der Waals surface area contributed by atoms with Gasteiger partial charge >= 0.3 is 0 Å². The van der Waals surface area contributed by atoms with Gasteiger partial charge in [-0.1, -0.05) is 42.5 Å². The lowest BCUT2D eigenvalue weighted by atomic mass is 10.1. The molecule has 1 N–H and O–H groups in total. The largest absolute Gasteiger partial charge is 0.493 e. The first kappa shape index (κ1) is 15.4. The Morgan fingerprint density at radius 1 is 0.840 bits per heavy atom. The van der Waals surface area contributed by atoms with Crippen LogP contribution in [0.1, 0.15) is 5.56 Å². The van der Waals surface area contributed by atoms with Gasteiger partial charge in [-0.05, 0) is 18.2 Å². The Hall–Kier alpha value is -3.14. The van der Waals surface area contributed by atoms with E-state index in [4.69, 9.17) is 13.9 Å². The second-order valence-electron chi connectivity index (χ2n) is 5.79. The Labute approximate surface area is 146 Å². The van der Waals surface area contributed by atoms with E-state index in [0.717, 1.165) is 44.7 Å². The highest BCUT2D eigenvalue weighted by molar-refractivity contribution is 6.08. The third-order valence-electron chi connectivity index (χ3n) is 4.36. The monoisotopic (exact) mass is 333 g/mol. The number of anilines is 1. The minimum absolute atomic E-state index is 0.608. The predicted molar refractivity (Wildman–Crippen MR) is 101 cm³/mol. The molecule has 1 heterocycles. The molecule has 4 nitrogen and oxygen atoms in total. The molecule has 0 fully saturated rings. The highest BCUT2D eigenvalue weighted by Gasteiger charge is 2.12. The summed E-state index contributed by atoms with van der Waals surface area (Å²) in [6.45, 7) is 0.608. The van der Waals surface area contributed by atoms with E-state index in [1.54, 1.807) is 14.2 Å². The zero-order chi connectivity index (χ0) is 17.2. The average molecular weight is 333 g/mol. The van der Waals surface area contributed by atoms with Crippen LogP contribution in [0.25, 0.3) is 21.9 Å². The number of hydrogen-bond donors (Lipinski definition) is 1. The molecule has 1 aromatic heterocycles. The molecule has 0 amide bonds. The quantitative estimate of drug-likeness (QED) is 0.544. The van der Waals surface area contributed by atoms with E-state index >= 15 is 0 Å². The van der Waals surface area contributed by atoms with Crippen molar-refractivity contribution in [3.05, 3.63) is 66.2 Å². The van der Waals surface area contributed by atoms with Crippen molar-refractivity contribution in [3.8, 4) is 11.5 Å². The van der Waals surface area contributed by atoms with E-state index in [9.17, 15) is 0 Å². The number of methoxy groups -OCH3 is 2. The maximum absolute atomic E-state index is 6.06. The average Bonchev–Trinajstić information content (AvgIpc) is 3.05. The van der Waals surface area contributed by atoms with Gasteiger partial charge in [0.05, 0.1) is 19.9 Å². The van der Waals surface area contributed by atoms with Crippen molar-refractivity contribution >= 4 is 27.6 Å². The zero-order valence-electron chi connectivity index (χ0n) is 14.2. The van der Waals surface area contributed by atoms with Gasteiger partial charge < -0.3 is 19.2 Å². The Morgan fingerprint density at radius 3 is 2.48 bits per heavy atom. The lowest BCUT2D eigenvalue weighted by Gasteiger charge is -2.13. The lowest BCUT2D eigenvalue weighted by Crippen LogP contribution is -2.03. The summed E-state index contributed by atoms with van der Waals surface area (Å²) in [5, 5.41) is 5.70. The normalized spacial score (nSPS) is 11.0. The SMILES string of the molecule is COc1cccc(CNc2cccc3c2oc2ccccc23)c1OC. The van der Waals surface area contributed by atoms with Gasteiger partial charge in [-0.2, -0.15) is 0 Å². The zero-order valence-corrected chi connectivity index (χ0v) is 14.2. The van der Waals surface area contributed by atoms with Crippen LogP contribution < -0.4 is 14.8 Å². The molecule has 0 radical (unpaired) electrons. The van der Waals surface area contributed by atoms with Gasteiger partial charge in [-0.3, -0.25) is 0 Å². The summed E-state index contributed by atoms with van der Waals surface area (Å²) in [6.07, 6.45) is 0. The molecule has 0 aliphatic carbocycles. The van der Waals surface area contributed by atoms with E-state index in [-0.39, 0.29) is 0 Å². The molecule has 0 aliphatic rings. The fraction of sp³-hybridized carbons (Fsp3) is 0.143. The molecule has 0 unspecified atom stereocenters. The minimum Gasteiger partial charge on any atom is -0.493 e. The van der Waals surface area contributed by atoms with Crippen LogP contribution in [0.15, 0.2) is 65.1 Å². The van der Waals surface area contributed by atoms with E-state index in [2.05, 4.69) is 17.4 Å². The van der Waals surface area contributed by atoms with Crippen molar-refractivity contribution in [1.82, 2.24) is 0 Å². The van der Waals surface area contributed by atoms with Crippen LogP contribution in [0.2, 0.25) is 0 Å². The van der Waals surface area contributed by atoms with Gasteiger partial charge in [0.25, 0.3) is 0 Å². The summed E-state index contributed by atoms with van der Waals surface area (Å²) in [4.78, 5) is 0. The smallest absolute Gasteiger partial charge is 0.165 e. The van der Waals surface area contributed by atoms with E-state index in [1.807, 2.05) is 48.5 Å². The second kappa shape index (κ2) is 6.40. The number of nitrogens with one attached hydrogen (secondary N) is 1. The highest BCUT2D eigenvalue weighted by Crippen LogP contribution is 2.35. The van der Waals surface area contributed by atoms with Gasteiger partial charge in [0.15, 0.2) is 17.1 Å². The topological polar surface area (TPSA) is 43.6 Å². The molecule has 25 heavy (non-hydrogen) atoms. The Morgan fingerprint density at radius 2 is 1.64 bits per heavy atom. The molecule has 4 aromatic rings. The molecule has 0 saturated heterocycles. The molecular weight excluding hydrogens is 314 g/mol. The summed E-state index contributed by atoms with van der Waals surface area (Å²) >= 11 is 0. The maximum Gasteiger partial charge on any atom is 0.165 e. The van der Waals surface area contributed by atoms with Crippen LogP contribution in [0, 0.1) is 0 Å². The van der Waals surface area contributed by atoms with Crippen LogP contribution in [-0.2, 0) is 6.54 Å². The predicted octanol–water partition coefficient (Wildman–Crippen LogP) is 5.22. The third-order valence-corrected chi connectivity index (χ3v) is 4.36.